The summed E-state index contributed by atoms with van der Waals surface area (Å²) in [4.78, 5) is 22.6. The smallest absolute Gasteiger partial charge is 0.238 e. The molecule has 19 heavy (non-hydrogen) atoms. The molecule has 6 heteroatoms. The zero-order chi connectivity index (χ0) is 13.8. The summed E-state index contributed by atoms with van der Waals surface area (Å²) < 4.78 is 0. The highest BCUT2D eigenvalue weighted by molar-refractivity contribution is 6.34. The lowest BCUT2D eigenvalue weighted by molar-refractivity contribution is -0.115. The van der Waals surface area contributed by atoms with Gasteiger partial charge in [-0.05, 0) is 31.0 Å². The summed E-state index contributed by atoms with van der Waals surface area (Å²) in [5.74, 6) is -0.289. The van der Waals surface area contributed by atoms with Crippen LogP contribution in [0.3, 0.4) is 0 Å². The van der Waals surface area contributed by atoms with Crippen molar-refractivity contribution < 1.29 is 9.59 Å². The zero-order valence-electron chi connectivity index (χ0n) is 10.6. The fraction of sp³-hybridized carbons (Fsp3) is 0.385. The van der Waals surface area contributed by atoms with Gasteiger partial charge in [0, 0.05) is 18.7 Å². The number of hydrogen-bond donors (Lipinski definition) is 3. The zero-order valence-corrected chi connectivity index (χ0v) is 11.4. The Kier molecular flexibility index (Phi) is 4.39. The number of carbonyl (C=O) groups excluding carboxylic acids is 2. The van der Waals surface area contributed by atoms with Crippen LogP contribution in [-0.4, -0.2) is 24.4 Å². The van der Waals surface area contributed by atoms with E-state index >= 15 is 0 Å². The molecule has 0 unspecified atom stereocenters. The molecule has 2 amide bonds. The summed E-state index contributed by atoms with van der Waals surface area (Å²) in [5.41, 5.74) is 1.14. The van der Waals surface area contributed by atoms with Crippen LogP contribution in [0.15, 0.2) is 18.2 Å². The lowest BCUT2D eigenvalue weighted by Crippen LogP contribution is -2.29. The van der Waals surface area contributed by atoms with Crippen molar-refractivity contribution in [2.45, 2.75) is 25.8 Å². The van der Waals surface area contributed by atoms with E-state index in [1.807, 2.05) is 0 Å². The molecule has 1 aromatic rings. The van der Waals surface area contributed by atoms with Gasteiger partial charge in [0.25, 0.3) is 0 Å². The first-order valence-corrected chi connectivity index (χ1v) is 6.53. The molecule has 0 spiro atoms. The molecular formula is C13H16ClN3O2. The minimum absolute atomic E-state index is 0.102. The second-order valence-electron chi connectivity index (χ2n) is 4.58. The van der Waals surface area contributed by atoms with Crippen LogP contribution in [0.25, 0.3) is 0 Å². The van der Waals surface area contributed by atoms with Crippen molar-refractivity contribution in [1.82, 2.24) is 5.32 Å². The number of benzene rings is 1. The van der Waals surface area contributed by atoms with Crippen molar-refractivity contribution in [2.75, 3.05) is 17.2 Å². The van der Waals surface area contributed by atoms with E-state index in [9.17, 15) is 9.59 Å². The Bertz CT molecular complexity index is 501. The fourth-order valence-electron chi connectivity index (χ4n) is 1.61. The summed E-state index contributed by atoms with van der Waals surface area (Å²) in [6, 6.07) is 5.47. The maximum absolute atomic E-state index is 11.6. The topological polar surface area (TPSA) is 70.2 Å². The third-order valence-electron chi connectivity index (χ3n) is 2.69. The minimum Gasteiger partial charge on any atom is -0.325 e. The van der Waals surface area contributed by atoms with Gasteiger partial charge in [-0.15, -0.1) is 0 Å². The minimum atomic E-state index is -0.188. The molecule has 0 aromatic heterocycles. The van der Waals surface area contributed by atoms with E-state index in [4.69, 9.17) is 11.6 Å². The Balaban J connectivity index is 1.90. The largest absolute Gasteiger partial charge is 0.325 e. The summed E-state index contributed by atoms with van der Waals surface area (Å²) in [5, 5.41) is 8.87. The number of anilines is 2. The van der Waals surface area contributed by atoms with Crippen LogP contribution in [0, 0.1) is 0 Å². The van der Waals surface area contributed by atoms with Crippen LogP contribution in [0.5, 0.6) is 0 Å². The lowest BCUT2D eigenvalue weighted by atomic mass is 10.2. The van der Waals surface area contributed by atoms with Gasteiger partial charge in [-0.2, -0.15) is 0 Å². The monoisotopic (exact) mass is 281 g/mol. The van der Waals surface area contributed by atoms with Crippen molar-refractivity contribution in [2.24, 2.45) is 0 Å². The van der Waals surface area contributed by atoms with Crippen LogP contribution >= 0.6 is 11.6 Å². The molecule has 0 bridgehead atoms. The predicted molar refractivity (Wildman–Crippen MR) is 75.4 cm³/mol. The maximum Gasteiger partial charge on any atom is 0.238 e. The Labute approximate surface area is 116 Å². The van der Waals surface area contributed by atoms with Crippen LogP contribution in [0.4, 0.5) is 11.4 Å². The van der Waals surface area contributed by atoms with E-state index < -0.39 is 0 Å². The average molecular weight is 282 g/mol. The van der Waals surface area contributed by atoms with Gasteiger partial charge in [-0.25, -0.2) is 0 Å². The average Bonchev–Trinajstić information content (AvgIpc) is 3.13. The second-order valence-corrected chi connectivity index (χ2v) is 4.99. The highest BCUT2D eigenvalue weighted by Gasteiger charge is 2.21. The highest BCUT2D eigenvalue weighted by Crippen LogP contribution is 2.25. The van der Waals surface area contributed by atoms with Gasteiger partial charge in [0.15, 0.2) is 0 Å². The number of amides is 2. The molecule has 102 valence electrons. The molecule has 1 fully saturated rings. The predicted octanol–water partition coefficient (Wildman–Crippen LogP) is 1.99. The standard InChI is InChI=1S/C13H16ClN3O2/c1-8(18)16-12-5-4-10(6-11(12)14)17-13(19)7-15-9-2-3-9/h4-6,9,15H,2-3,7H2,1H3,(H,16,18)(H,17,19). The van der Waals surface area contributed by atoms with Gasteiger partial charge in [-0.1, -0.05) is 11.6 Å². The molecule has 5 nitrogen and oxygen atoms in total. The van der Waals surface area contributed by atoms with Gasteiger partial charge < -0.3 is 16.0 Å². The molecule has 0 saturated heterocycles. The third kappa shape index (κ3) is 4.54. The van der Waals surface area contributed by atoms with Crippen LogP contribution in [-0.2, 0) is 9.59 Å². The third-order valence-corrected chi connectivity index (χ3v) is 3.00. The Morgan fingerprint density at radius 1 is 1.32 bits per heavy atom. The summed E-state index contributed by atoms with van der Waals surface area (Å²) in [6.45, 7) is 1.71. The molecular weight excluding hydrogens is 266 g/mol. The quantitative estimate of drug-likeness (QED) is 0.773. The number of halogens is 1. The molecule has 0 radical (unpaired) electrons. The van der Waals surface area contributed by atoms with E-state index in [0.717, 1.165) is 12.8 Å². The number of carbonyl (C=O) groups is 2. The summed E-state index contributed by atoms with van der Waals surface area (Å²) >= 11 is 6.01. The van der Waals surface area contributed by atoms with Gasteiger partial charge in [-0.3, -0.25) is 9.59 Å². The van der Waals surface area contributed by atoms with Crippen molar-refractivity contribution in [3.05, 3.63) is 23.2 Å². The first-order valence-electron chi connectivity index (χ1n) is 6.15. The molecule has 0 atom stereocenters. The molecule has 1 saturated carbocycles. The van der Waals surface area contributed by atoms with Crippen molar-refractivity contribution in [3.8, 4) is 0 Å². The Morgan fingerprint density at radius 3 is 2.63 bits per heavy atom. The fourth-order valence-corrected chi connectivity index (χ4v) is 1.84. The molecule has 0 heterocycles. The van der Waals surface area contributed by atoms with Gasteiger partial charge in [0.2, 0.25) is 11.8 Å². The van der Waals surface area contributed by atoms with E-state index in [0.29, 0.717) is 29.0 Å². The number of nitrogens with one attached hydrogen (secondary N) is 3. The van der Waals surface area contributed by atoms with Crippen molar-refractivity contribution in [1.29, 1.82) is 0 Å². The lowest BCUT2D eigenvalue weighted by Gasteiger charge is -2.09. The number of hydrogen-bond acceptors (Lipinski definition) is 3. The molecule has 3 N–H and O–H groups in total. The molecule has 1 aromatic carbocycles. The Morgan fingerprint density at radius 2 is 2.05 bits per heavy atom. The van der Waals surface area contributed by atoms with Crippen LogP contribution in [0.1, 0.15) is 19.8 Å². The normalized spacial score (nSPS) is 14.0. The van der Waals surface area contributed by atoms with Gasteiger partial charge in [0.1, 0.15) is 0 Å². The molecule has 2 rings (SSSR count). The number of rotatable bonds is 5. The maximum atomic E-state index is 11.6. The van der Waals surface area contributed by atoms with Crippen LogP contribution < -0.4 is 16.0 Å². The first kappa shape index (κ1) is 13.8. The van der Waals surface area contributed by atoms with E-state index in [2.05, 4.69) is 16.0 Å². The van der Waals surface area contributed by atoms with Crippen molar-refractivity contribution in [3.63, 3.8) is 0 Å². The van der Waals surface area contributed by atoms with E-state index in [1.54, 1.807) is 18.2 Å². The second kappa shape index (κ2) is 6.04. The SMILES string of the molecule is CC(=O)Nc1ccc(NC(=O)CNC2CC2)cc1Cl. The van der Waals surface area contributed by atoms with Gasteiger partial charge in [0.05, 0.1) is 17.3 Å². The highest BCUT2D eigenvalue weighted by atomic mass is 35.5. The van der Waals surface area contributed by atoms with Crippen LogP contribution in [0.2, 0.25) is 5.02 Å². The van der Waals surface area contributed by atoms with E-state index in [1.165, 1.54) is 6.92 Å². The van der Waals surface area contributed by atoms with Crippen molar-refractivity contribution >= 4 is 34.8 Å². The first-order chi connectivity index (χ1) is 9.04. The van der Waals surface area contributed by atoms with E-state index in [-0.39, 0.29) is 11.8 Å². The Hall–Kier alpha value is -1.59. The molecule has 1 aliphatic rings. The molecule has 1 aliphatic carbocycles. The molecule has 0 aliphatic heterocycles. The summed E-state index contributed by atoms with van der Waals surface area (Å²) in [7, 11) is 0. The summed E-state index contributed by atoms with van der Waals surface area (Å²) in [6.07, 6.45) is 2.29. The van der Waals surface area contributed by atoms with Gasteiger partial charge >= 0.3 is 0 Å².